The zero-order valence-corrected chi connectivity index (χ0v) is 12.1. The van der Waals surface area contributed by atoms with E-state index >= 15 is 0 Å². The molecule has 0 amide bonds. The first-order valence-corrected chi connectivity index (χ1v) is 5.82. The van der Waals surface area contributed by atoms with Crippen LogP contribution in [-0.2, 0) is 0 Å². The molecule has 18 heavy (non-hydrogen) atoms. The number of nitrogens with zero attached hydrogens (tertiary/aromatic N) is 1. The summed E-state index contributed by atoms with van der Waals surface area (Å²) in [5.74, 6) is -1.97. The van der Waals surface area contributed by atoms with Crippen LogP contribution in [0.2, 0.25) is 0 Å². The molecule has 104 valence electrons. The van der Waals surface area contributed by atoms with Gasteiger partial charge in [-0.3, -0.25) is 0 Å². The summed E-state index contributed by atoms with van der Waals surface area (Å²) in [6.45, 7) is 12.3. The molecule has 0 bridgehead atoms. The molecule has 0 spiro atoms. The van der Waals surface area contributed by atoms with Gasteiger partial charge in [0.2, 0.25) is 0 Å². The van der Waals surface area contributed by atoms with Crippen LogP contribution in [0, 0.1) is 0 Å². The van der Waals surface area contributed by atoms with Crippen LogP contribution in [0.4, 0.5) is 8.78 Å². The molecule has 0 aliphatic rings. The van der Waals surface area contributed by atoms with Crippen molar-refractivity contribution in [3.05, 3.63) is 47.5 Å². The van der Waals surface area contributed by atoms with Crippen LogP contribution >= 0.6 is 0 Å². The van der Waals surface area contributed by atoms with Crippen molar-refractivity contribution in [3.63, 3.8) is 0 Å². The molecule has 0 heterocycles. The van der Waals surface area contributed by atoms with Crippen molar-refractivity contribution in [1.29, 1.82) is 0 Å². The van der Waals surface area contributed by atoms with Gasteiger partial charge < -0.3 is 10.6 Å². The van der Waals surface area contributed by atoms with Crippen molar-refractivity contribution < 1.29 is 8.78 Å². The van der Waals surface area contributed by atoms with Crippen LogP contribution < -0.4 is 5.73 Å². The lowest BCUT2D eigenvalue weighted by molar-refractivity contribution is 0.476. The summed E-state index contributed by atoms with van der Waals surface area (Å²) in [4.78, 5) is 1.46. The minimum Gasteiger partial charge on any atom is -0.400 e. The zero-order chi connectivity index (χ0) is 14.9. The van der Waals surface area contributed by atoms with Crippen molar-refractivity contribution in [2.45, 2.75) is 34.6 Å². The fourth-order valence-electron chi connectivity index (χ4n) is 0.838. The Labute approximate surface area is 109 Å². The Bertz CT molecular complexity index is 362. The molecule has 0 aliphatic carbocycles. The first-order chi connectivity index (χ1) is 8.27. The minimum absolute atomic E-state index is 0.153. The Balaban J connectivity index is 0. The molecule has 0 aromatic carbocycles. The van der Waals surface area contributed by atoms with E-state index in [1.807, 2.05) is 20.8 Å². The largest absolute Gasteiger partial charge is 0.400 e. The smallest absolute Gasteiger partial charge is 0.179 e. The Morgan fingerprint density at radius 3 is 1.89 bits per heavy atom. The average Bonchev–Trinajstić information content (AvgIpc) is 2.35. The summed E-state index contributed by atoms with van der Waals surface area (Å²) < 4.78 is 26.7. The lowest BCUT2D eigenvalue weighted by atomic mass is 10.3. The number of hydrogen-bond donors (Lipinski definition) is 1. The van der Waals surface area contributed by atoms with Gasteiger partial charge >= 0.3 is 0 Å². The highest BCUT2D eigenvalue weighted by Crippen LogP contribution is 2.21. The van der Waals surface area contributed by atoms with E-state index < -0.39 is 11.7 Å². The molecule has 0 fully saturated rings. The van der Waals surface area contributed by atoms with Crippen LogP contribution in [0.3, 0.4) is 0 Å². The number of hydrogen-bond acceptors (Lipinski definition) is 2. The molecular formula is C14H24F2N2. The third-order valence-electron chi connectivity index (χ3n) is 1.97. The van der Waals surface area contributed by atoms with Gasteiger partial charge in [-0.1, -0.05) is 26.0 Å². The molecule has 0 aromatic rings. The highest BCUT2D eigenvalue weighted by Gasteiger charge is 2.12. The van der Waals surface area contributed by atoms with Crippen LogP contribution in [0.1, 0.15) is 34.6 Å². The summed E-state index contributed by atoms with van der Waals surface area (Å²) in [5, 5.41) is 0. The van der Waals surface area contributed by atoms with Gasteiger partial charge in [-0.25, -0.2) is 8.78 Å². The highest BCUT2D eigenvalue weighted by molar-refractivity contribution is 5.27. The number of allylic oxidation sites excluding steroid dienone is 6. The van der Waals surface area contributed by atoms with Gasteiger partial charge in [0.15, 0.2) is 11.7 Å². The van der Waals surface area contributed by atoms with Crippen molar-refractivity contribution in [2.24, 2.45) is 5.73 Å². The van der Waals surface area contributed by atoms with Crippen LogP contribution in [-0.4, -0.2) is 11.9 Å². The van der Waals surface area contributed by atoms with Gasteiger partial charge in [0, 0.05) is 18.9 Å². The summed E-state index contributed by atoms with van der Waals surface area (Å²) >= 11 is 0. The molecular weight excluding hydrogens is 234 g/mol. The maximum Gasteiger partial charge on any atom is 0.179 e. The maximum atomic E-state index is 13.5. The van der Waals surface area contributed by atoms with E-state index in [-0.39, 0.29) is 11.4 Å². The van der Waals surface area contributed by atoms with Crippen LogP contribution in [0.25, 0.3) is 0 Å². The van der Waals surface area contributed by atoms with E-state index in [1.165, 1.54) is 18.7 Å². The minimum atomic E-state index is -1.02. The van der Waals surface area contributed by atoms with Gasteiger partial charge in [-0.2, -0.15) is 0 Å². The lowest BCUT2D eigenvalue weighted by Gasteiger charge is -2.15. The normalized spacial score (nSPS) is 13.3. The Morgan fingerprint density at radius 2 is 1.56 bits per heavy atom. The molecule has 4 heteroatoms. The predicted octanol–water partition coefficient (Wildman–Crippen LogP) is 4.39. The first-order valence-electron chi connectivity index (χ1n) is 5.82. The third-order valence-corrected chi connectivity index (χ3v) is 1.97. The molecule has 0 aromatic heterocycles. The lowest BCUT2D eigenvalue weighted by Crippen LogP contribution is -2.10. The number of nitrogens with two attached hydrogens (primary N) is 1. The maximum absolute atomic E-state index is 13.5. The number of halogens is 2. The van der Waals surface area contributed by atoms with Crippen LogP contribution in [0.15, 0.2) is 47.5 Å². The molecule has 0 radical (unpaired) electrons. The molecule has 0 rings (SSSR count). The van der Waals surface area contributed by atoms with Gasteiger partial charge in [0.1, 0.15) is 0 Å². The van der Waals surface area contributed by atoms with Gasteiger partial charge in [-0.15, -0.1) is 0 Å². The van der Waals surface area contributed by atoms with E-state index in [9.17, 15) is 8.78 Å². The van der Waals surface area contributed by atoms with Crippen molar-refractivity contribution in [3.8, 4) is 0 Å². The van der Waals surface area contributed by atoms with Crippen LogP contribution in [0.5, 0.6) is 0 Å². The van der Waals surface area contributed by atoms with Gasteiger partial charge in [-0.05, 0) is 26.8 Å². The second-order valence-corrected chi connectivity index (χ2v) is 3.67. The molecule has 0 atom stereocenters. The number of rotatable bonds is 4. The average molecular weight is 258 g/mol. The molecule has 2 nitrogen and oxygen atoms in total. The quantitative estimate of drug-likeness (QED) is 0.757. The summed E-state index contributed by atoms with van der Waals surface area (Å²) in [5.41, 5.74) is 5.98. The van der Waals surface area contributed by atoms with Gasteiger partial charge in [0.25, 0.3) is 0 Å². The van der Waals surface area contributed by atoms with E-state index in [0.29, 0.717) is 0 Å². The summed E-state index contributed by atoms with van der Waals surface area (Å²) in [7, 11) is 1.62. The topological polar surface area (TPSA) is 29.3 Å². The molecule has 2 N–H and O–H groups in total. The fraction of sp³-hybridized carbons (Fsp3) is 0.429. The zero-order valence-electron chi connectivity index (χ0n) is 12.1. The monoisotopic (exact) mass is 258 g/mol. The van der Waals surface area contributed by atoms with Crippen molar-refractivity contribution in [2.75, 3.05) is 7.05 Å². The highest BCUT2D eigenvalue weighted by atomic mass is 19.2. The molecule has 0 aliphatic heterocycles. The second-order valence-electron chi connectivity index (χ2n) is 3.67. The van der Waals surface area contributed by atoms with Crippen molar-refractivity contribution >= 4 is 0 Å². The summed E-state index contributed by atoms with van der Waals surface area (Å²) in [6.07, 6.45) is 3.31. The summed E-state index contributed by atoms with van der Waals surface area (Å²) in [6, 6.07) is 0. The fourth-order valence-corrected chi connectivity index (χ4v) is 0.838. The Kier molecular flexibility index (Phi) is 9.86. The Morgan fingerprint density at radius 1 is 1.11 bits per heavy atom. The van der Waals surface area contributed by atoms with E-state index in [2.05, 4.69) is 6.58 Å². The third kappa shape index (κ3) is 6.89. The standard InChI is InChI=1S/C12H18F2N2.C2H6/c1-8(2)6-7-16(5)10(4)12(14)11(13)9(3)15;1-2/h6-7H,1,15H2,2-5H3;1-2H3/b7-6-,11-9-,12-10-;. The van der Waals surface area contributed by atoms with Gasteiger partial charge in [0.05, 0.1) is 5.70 Å². The van der Waals surface area contributed by atoms with E-state index in [1.54, 1.807) is 19.3 Å². The Hall–Kier alpha value is -1.58. The SMILES string of the molecule is C=C(C)/C=C\N(C)/C(C)=C(F)/C(F)=C(\C)N.CC. The van der Waals surface area contributed by atoms with E-state index in [0.717, 1.165) is 5.57 Å². The molecule has 0 unspecified atom stereocenters. The molecule has 0 saturated heterocycles. The second kappa shape index (κ2) is 9.45. The molecule has 0 saturated carbocycles. The predicted molar refractivity (Wildman–Crippen MR) is 74.9 cm³/mol. The first kappa shape index (κ1) is 18.8. The van der Waals surface area contributed by atoms with Crippen molar-refractivity contribution in [1.82, 2.24) is 4.90 Å². The van der Waals surface area contributed by atoms with E-state index in [4.69, 9.17) is 5.73 Å².